The second-order valence-electron chi connectivity index (χ2n) is 4.55. The Hall–Kier alpha value is -0.650. The topological polar surface area (TPSA) is 67.6 Å². The Morgan fingerprint density at radius 2 is 2.41 bits per heavy atom. The summed E-state index contributed by atoms with van der Waals surface area (Å²) in [4.78, 5) is 13.4. The summed E-state index contributed by atoms with van der Waals surface area (Å²) < 4.78 is 5.64. The van der Waals surface area contributed by atoms with Gasteiger partial charge in [0.15, 0.2) is 0 Å². The van der Waals surface area contributed by atoms with Crippen LogP contribution in [0.2, 0.25) is 0 Å². The maximum Gasteiger partial charge on any atom is 0.234 e. The Bertz CT molecular complexity index is 234. The molecule has 0 spiro atoms. The Labute approximate surface area is 104 Å². The van der Waals surface area contributed by atoms with E-state index in [-0.39, 0.29) is 11.9 Å². The molecule has 0 bridgehead atoms. The average Bonchev–Trinajstić information content (AvgIpc) is 2.30. The van der Waals surface area contributed by atoms with Gasteiger partial charge in [-0.25, -0.2) is 0 Å². The summed E-state index contributed by atoms with van der Waals surface area (Å²) in [5, 5.41) is 2.94. The molecule has 0 aliphatic carbocycles. The zero-order valence-electron chi connectivity index (χ0n) is 10.9. The van der Waals surface area contributed by atoms with Crippen LogP contribution in [0.5, 0.6) is 0 Å². The zero-order valence-corrected chi connectivity index (χ0v) is 10.9. The third-order valence-electron chi connectivity index (χ3n) is 3.29. The van der Waals surface area contributed by atoms with Gasteiger partial charge in [-0.05, 0) is 39.8 Å². The number of amides is 1. The molecule has 0 aromatic heterocycles. The summed E-state index contributed by atoms with van der Waals surface area (Å²) in [6, 6.07) is -0.220. The number of rotatable bonds is 7. The molecule has 3 N–H and O–H groups in total. The van der Waals surface area contributed by atoms with Gasteiger partial charge in [-0.2, -0.15) is 0 Å². The number of piperidine rings is 1. The molecule has 1 saturated heterocycles. The molecule has 1 aliphatic heterocycles. The first-order chi connectivity index (χ1) is 8.17. The number of nitrogens with one attached hydrogen (secondary N) is 1. The molecule has 1 aliphatic rings. The molecule has 1 rings (SSSR count). The van der Waals surface area contributed by atoms with Crippen molar-refractivity contribution in [3.05, 3.63) is 0 Å². The SMILES string of the molecule is CCOC1CCCN(CCC(NC)C(N)=O)C1. The van der Waals surface area contributed by atoms with Crippen LogP contribution in [-0.2, 0) is 9.53 Å². The Kier molecular flexibility index (Phi) is 6.47. The fourth-order valence-electron chi connectivity index (χ4n) is 2.33. The standard InChI is InChI=1S/C12H25N3O2/c1-3-17-10-5-4-7-15(9-10)8-6-11(14-2)12(13)16/h10-11,14H,3-9H2,1-2H3,(H2,13,16). The molecule has 5 heteroatoms. The van der Waals surface area contributed by atoms with Gasteiger partial charge in [0.2, 0.25) is 5.91 Å². The third kappa shape index (κ3) is 5.02. The zero-order chi connectivity index (χ0) is 12.7. The third-order valence-corrected chi connectivity index (χ3v) is 3.29. The van der Waals surface area contributed by atoms with Crippen molar-refractivity contribution in [3.63, 3.8) is 0 Å². The lowest BCUT2D eigenvalue weighted by atomic mass is 10.1. The molecular weight excluding hydrogens is 218 g/mol. The van der Waals surface area contributed by atoms with Crippen molar-refractivity contribution in [3.8, 4) is 0 Å². The van der Waals surface area contributed by atoms with Crippen molar-refractivity contribution < 1.29 is 9.53 Å². The lowest BCUT2D eigenvalue weighted by Crippen LogP contribution is -2.45. The van der Waals surface area contributed by atoms with Gasteiger partial charge in [0, 0.05) is 19.7 Å². The van der Waals surface area contributed by atoms with E-state index in [0.717, 1.165) is 39.1 Å². The fourth-order valence-corrected chi connectivity index (χ4v) is 2.33. The van der Waals surface area contributed by atoms with Gasteiger partial charge in [-0.1, -0.05) is 0 Å². The minimum atomic E-state index is -0.272. The molecule has 100 valence electrons. The highest BCUT2D eigenvalue weighted by Crippen LogP contribution is 2.13. The average molecular weight is 243 g/mol. The Balaban J connectivity index is 2.28. The number of hydrogen-bond donors (Lipinski definition) is 2. The van der Waals surface area contributed by atoms with E-state index in [1.165, 1.54) is 6.42 Å². The van der Waals surface area contributed by atoms with Crippen molar-refractivity contribution in [2.75, 3.05) is 33.3 Å². The second-order valence-corrected chi connectivity index (χ2v) is 4.55. The minimum absolute atomic E-state index is 0.220. The van der Waals surface area contributed by atoms with E-state index in [2.05, 4.69) is 10.2 Å². The molecule has 5 nitrogen and oxygen atoms in total. The second kappa shape index (κ2) is 7.63. The predicted molar refractivity (Wildman–Crippen MR) is 67.7 cm³/mol. The minimum Gasteiger partial charge on any atom is -0.377 e. The van der Waals surface area contributed by atoms with Gasteiger partial charge >= 0.3 is 0 Å². The Morgan fingerprint density at radius 3 is 3.00 bits per heavy atom. The van der Waals surface area contributed by atoms with E-state index >= 15 is 0 Å². The summed E-state index contributed by atoms with van der Waals surface area (Å²) in [5.74, 6) is -0.272. The number of nitrogens with zero attached hydrogens (tertiary/aromatic N) is 1. The molecule has 0 saturated carbocycles. The maximum absolute atomic E-state index is 11.1. The van der Waals surface area contributed by atoms with Crippen LogP contribution in [0.4, 0.5) is 0 Å². The van der Waals surface area contributed by atoms with E-state index in [0.29, 0.717) is 6.10 Å². The summed E-state index contributed by atoms with van der Waals surface area (Å²) in [7, 11) is 1.77. The molecule has 2 unspecified atom stereocenters. The number of carbonyl (C=O) groups is 1. The lowest BCUT2D eigenvalue weighted by molar-refractivity contribution is -0.120. The maximum atomic E-state index is 11.1. The monoisotopic (exact) mass is 243 g/mol. The quantitative estimate of drug-likeness (QED) is 0.658. The predicted octanol–water partition coefficient (Wildman–Crippen LogP) is -0.0493. The van der Waals surface area contributed by atoms with Crippen LogP contribution >= 0.6 is 0 Å². The molecule has 1 heterocycles. The van der Waals surface area contributed by atoms with Crippen molar-refractivity contribution >= 4 is 5.91 Å². The van der Waals surface area contributed by atoms with Gasteiger partial charge in [0.05, 0.1) is 12.1 Å². The summed E-state index contributed by atoms with van der Waals surface area (Å²) in [6.45, 7) is 5.78. The fraction of sp³-hybridized carbons (Fsp3) is 0.917. The van der Waals surface area contributed by atoms with Gasteiger partial charge in [-0.15, -0.1) is 0 Å². The van der Waals surface area contributed by atoms with Crippen LogP contribution in [0.3, 0.4) is 0 Å². The first-order valence-electron chi connectivity index (χ1n) is 6.48. The van der Waals surface area contributed by atoms with Crippen LogP contribution in [0.25, 0.3) is 0 Å². The molecule has 1 amide bonds. The van der Waals surface area contributed by atoms with Gasteiger partial charge < -0.3 is 20.7 Å². The number of carbonyl (C=O) groups excluding carboxylic acids is 1. The Morgan fingerprint density at radius 1 is 1.65 bits per heavy atom. The molecule has 0 aromatic rings. The molecule has 0 radical (unpaired) electrons. The number of nitrogens with two attached hydrogens (primary N) is 1. The largest absolute Gasteiger partial charge is 0.377 e. The number of likely N-dealkylation sites (tertiary alicyclic amines) is 1. The van der Waals surface area contributed by atoms with E-state index in [1.807, 2.05) is 6.92 Å². The van der Waals surface area contributed by atoms with Crippen molar-refractivity contribution in [1.29, 1.82) is 0 Å². The van der Waals surface area contributed by atoms with Gasteiger partial charge in [0.1, 0.15) is 0 Å². The van der Waals surface area contributed by atoms with Crippen LogP contribution in [0.1, 0.15) is 26.2 Å². The normalized spacial score (nSPS) is 23.5. The van der Waals surface area contributed by atoms with E-state index in [4.69, 9.17) is 10.5 Å². The first-order valence-corrected chi connectivity index (χ1v) is 6.48. The first kappa shape index (κ1) is 14.4. The number of likely N-dealkylation sites (N-methyl/N-ethyl adjacent to an activating group) is 1. The van der Waals surface area contributed by atoms with Crippen LogP contribution in [0, 0.1) is 0 Å². The lowest BCUT2D eigenvalue weighted by Gasteiger charge is -2.33. The smallest absolute Gasteiger partial charge is 0.234 e. The number of primary amides is 1. The molecule has 17 heavy (non-hydrogen) atoms. The molecular formula is C12H25N3O2. The van der Waals surface area contributed by atoms with E-state index < -0.39 is 0 Å². The highest BCUT2D eigenvalue weighted by molar-refractivity contribution is 5.79. The van der Waals surface area contributed by atoms with Crippen LogP contribution in [-0.4, -0.2) is 56.2 Å². The van der Waals surface area contributed by atoms with Crippen LogP contribution < -0.4 is 11.1 Å². The van der Waals surface area contributed by atoms with Gasteiger partial charge in [0.25, 0.3) is 0 Å². The van der Waals surface area contributed by atoms with Crippen molar-refractivity contribution in [1.82, 2.24) is 10.2 Å². The highest BCUT2D eigenvalue weighted by atomic mass is 16.5. The number of ether oxygens (including phenoxy) is 1. The van der Waals surface area contributed by atoms with E-state index in [9.17, 15) is 4.79 Å². The highest BCUT2D eigenvalue weighted by Gasteiger charge is 2.21. The van der Waals surface area contributed by atoms with Crippen molar-refractivity contribution in [2.45, 2.75) is 38.3 Å². The van der Waals surface area contributed by atoms with Crippen LogP contribution in [0.15, 0.2) is 0 Å². The van der Waals surface area contributed by atoms with E-state index in [1.54, 1.807) is 7.05 Å². The summed E-state index contributed by atoms with van der Waals surface area (Å²) in [6.07, 6.45) is 3.45. The molecule has 1 fully saturated rings. The summed E-state index contributed by atoms with van der Waals surface area (Å²) in [5.41, 5.74) is 5.29. The molecule has 2 atom stereocenters. The summed E-state index contributed by atoms with van der Waals surface area (Å²) >= 11 is 0. The number of hydrogen-bond acceptors (Lipinski definition) is 4. The van der Waals surface area contributed by atoms with Crippen molar-refractivity contribution in [2.24, 2.45) is 5.73 Å². The molecule has 0 aromatic carbocycles. The van der Waals surface area contributed by atoms with Gasteiger partial charge in [-0.3, -0.25) is 4.79 Å².